The lowest BCUT2D eigenvalue weighted by Crippen LogP contribution is -2.04. The molecule has 0 unspecified atom stereocenters. The van der Waals surface area contributed by atoms with Crippen molar-refractivity contribution in [2.24, 2.45) is 0 Å². The summed E-state index contributed by atoms with van der Waals surface area (Å²) in [6.45, 7) is 0. The molecule has 1 heterocycles. The molecule has 2 nitrogen and oxygen atoms in total. The fraction of sp³-hybridized carbons (Fsp3) is 0.364. The second-order valence-electron chi connectivity index (χ2n) is 3.33. The van der Waals surface area contributed by atoms with Crippen molar-refractivity contribution in [1.29, 1.82) is 0 Å². The van der Waals surface area contributed by atoms with Crippen molar-refractivity contribution in [2.45, 2.75) is 12.2 Å². The molecule has 0 bridgehead atoms. The summed E-state index contributed by atoms with van der Waals surface area (Å²) in [4.78, 5) is 11.9. The molecule has 80 valence electrons. The summed E-state index contributed by atoms with van der Waals surface area (Å²) in [6, 6.07) is 3.79. The van der Waals surface area contributed by atoms with Crippen LogP contribution in [-0.2, 0) is 5.75 Å². The highest BCUT2D eigenvalue weighted by Gasteiger charge is 2.21. The number of fused-ring (bicyclic) bond motifs is 1. The number of Topliss-reactive ketones (excluding diaryl/α,β-unsaturated/α-hetero) is 1. The van der Waals surface area contributed by atoms with E-state index in [2.05, 4.69) is 15.9 Å². The zero-order chi connectivity index (χ0) is 10.8. The first-order chi connectivity index (χ1) is 7.24. The lowest BCUT2D eigenvalue weighted by molar-refractivity contribution is 0.0986. The molecule has 0 radical (unpaired) electrons. The van der Waals surface area contributed by atoms with Gasteiger partial charge in [-0.3, -0.25) is 4.79 Å². The molecule has 1 aliphatic rings. The van der Waals surface area contributed by atoms with E-state index < -0.39 is 0 Å². The van der Waals surface area contributed by atoms with Gasteiger partial charge in [-0.05, 0) is 17.7 Å². The fourth-order valence-corrected chi connectivity index (χ4v) is 3.32. The molecule has 0 aromatic heterocycles. The van der Waals surface area contributed by atoms with Crippen LogP contribution in [0.3, 0.4) is 0 Å². The topological polar surface area (TPSA) is 26.3 Å². The molecular formula is C11H11BrO2S. The number of ether oxygens (including phenoxy) is 1. The Morgan fingerprint density at radius 1 is 1.47 bits per heavy atom. The molecule has 1 aromatic rings. The zero-order valence-corrected chi connectivity index (χ0v) is 10.8. The number of benzene rings is 1. The second-order valence-corrected chi connectivity index (χ2v) is 5.29. The maximum atomic E-state index is 11.9. The van der Waals surface area contributed by atoms with Crippen LogP contribution >= 0.6 is 27.7 Å². The number of carbonyl (C=O) groups excluding carboxylic acids is 1. The molecule has 1 aromatic carbocycles. The van der Waals surface area contributed by atoms with Gasteiger partial charge in [0.25, 0.3) is 0 Å². The number of ketones is 1. The summed E-state index contributed by atoms with van der Waals surface area (Å²) >= 11 is 5.28. The molecule has 0 fully saturated rings. The first kappa shape index (κ1) is 11.0. The van der Waals surface area contributed by atoms with E-state index in [-0.39, 0.29) is 5.78 Å². The van der Waals surface area contributed by atoms with Crippen molar-refractivity contribution in [3.8, 4) is 5.75 Å². The van der Waals surface area contributed by atoms with E-state index in [1.807, 2.05) is 12.1 Å². The van der Waals surface area contributed by atoms with Gasteiger partial charge in [0, 0.05) is 22.4 Å². The predicted octanol–water partition coefficient (Wildman–Crippen LogP) is 3.28. The van der Waals surface area contributed by atoms with E-state index in [4.69, 9.17) is 4.74 Å². The van der Waals surface area contributed by atoms with Gasteiger partial charge in [0.2, 0.25) is 0 Å². The Morgan fingerprint density at radius 2 is 2.27 bits per heavy atom. The molecule has 0 atom stereocenters. The summed E-state index contributed by atoms with van der Waals surface area (Å²) < 4.78 is 6.24. The summed E-state index contributed by atoms with van der Waals surface area (Å²) in [7, 11) is 1.61. The monoisotopic (exact) mass is 286 g/mol. The normalized spacial score (nSPS) is 15.7. The number of hydrogen-bond donors (Lipinski definition) is 0. The molecule has 1 aliphatic heterocycles. The van der Waals surface area contributed by atoms with Crippen LogP contribution in [0.4, 0.5) is 0 Å². The third-order valence-corrected chi connectivity index (χ3v) is 4.16. The number of hydrogen-bond acceptors (Lipinski definition) is 3. The molecule has 15 heavy (non-hydrogen) atoms. The van der Waals surface area contributed by atoms with Crippen molar-refractivity contribution >= 4 is 33.5 Å². The number of rotatable bonds is 1. The van der Waals surface area contributed by atoms with Crippen LogP contribution < -0.4 is 4.74 Å². The molecule has 2 rings (SSSR count). The highest BCUT2D eigenvalue weighted by molar-refractivity contribution is 9.10. The SMILES string of the molecule is COc1ccc(Br)c2c1C(=O)CCSC2. The van der Waals surface area contributed by atoms with Gasteiger partial charge in [-0.25, -0.2) is 0 Å². The van der Waals surface area contributed by atoms with Gasteiger partial charge in [0.05, 0.1) is 12.7 Å². The fourth-order valence-electron chi connectivity index (χ4n) is 1.68. The lowest BCUT2D eigenvalue weighted by atomic mass is 10.0. The van der Waals surface area contributed by atoms with Crippen LogP contribution in [0, 0.1) is 0 Å². The van der Waals surface area contributed by atoms with E-state index >= 15 is 0 Å². The molecule has 0 spiro atoms. The quantitative estimate of drug-likeness (QED) is 0.793. The molecule has 0 aliphatic carbocycles. The highest BCUT2D eigenvalue weighted by atomic mass is 79.9. The maximum Gasteiger partial charge on any atom is 0.167 e. The largest absolute Gasteiger partial charge is 0.496 e. The van der Waals surface area contributed by atoms with E-state index in [1.165, 1.54) is 0 Å². The molecule has 0 saturated carbocycles. The van der Waals surface area contributed by atoms with Gasteiger partial charge in [-0.2, -0.15) is 11.8 Å². The lowest BCUT2D eigenvalue weighted by Gasteiger charge is -2.11. The molecule has 0 saturated heterocycles. The van der Waals surface area contributed by atoms with Gasteiger partial charge >= 0.3 is 0 Å². The van der Waals surface area contributed by atoms with Crippen LogP contribution in [0.2, 0.25) is 0 Å². The third kappa shape index (κ3) is 2.06. The number of halogens is 1. The second kappa shape index (κ2) is 4.58. The average molecular weight is 287 g/mol. The van der Waals surface area contributed by atoms with E-state index in [1.54, 1.807) is 18.9 Å². The first-order valence-electron chi connectivity index (χ1n) is 4.70. The Hall–Kier alpha value is -0.480. The van der Waals surface area contributed by atoms with Gasteiger partial charge < -0.3 is 4.74 Å². The highest BCUT2D eigenvalue weighted by Crippen LogP contribution is 2.35. The van der Waals surface area contributed by atoms with Gasteiger partial charge in [-0.1, -0.05) is 15.9 Å². The van der Waals surface area contributed by atoms with Crippen molar-refractivity contribution in [2.75, 3.05) is 12.9 Å². The number of thioether (sulfide) groups is 1. The van der Waals surface area contributed by atoms with Gasteiger partial charge in [0.1, 0.15) is 5.75 Å². The van der Waals surface area contributed by atoms with Crippen molar-refractivity contribution in [3.05, 3.63) is 27.7 Å². The zero-order valence-electron chi connectivity index (χ0n) is 8.38. The third-order valence-electron chi connectivity index (χ3n) is 2.44. The van der Waals surface area contributed by atoms with Crippen LogP contribution in [0.5, 0.6) is 5.75 Å². The molecule has 0 N–H and O–H groups in total. The van der Waals surface area contributed by atoms with Crippen LogP contribution in [0.15, 0.2) is 16.6 Å². The van der Waals surface area contributed by atoms with Crippen molar-refractivity contribution < 1.29 is 9.53 Å². The van der Waals surface area contributed by atoms with Crippen LogP contribution in [0.25, 0.3) is 0 Å². The van der Waals surface area contributed by atoms with Gasteiger partial charge in [-0.15, -0.1) is 0 Å². The number of methoxy groups -OCH3 is 1. The van der Waals surface area contributed by atoms with E-state index in [0.717, 1.165) is 27.1 Å². The Bertz CT molecular complexity index is 404. The standard InChI is InChI=1S/C11H11BrO2S/c1-14-10-3-2-8(12)7-6-15-5-4-9(13)11(7)10/h2-3H,4-6H2,1H3. The van der Waals surface area contributed by atoms with Crippen LogP contribution in [0.1, 0.15) is 22.3 Å². The van der Waals surface area contributed by atoms with Gasteiger partial charge in [0.15, 0.2) is 5.78 Å². The molecular weight excluding hydrogens is 276 g/mol. The Labute approximate surface area is 102 Å². The Balaban J connectivity index is 2.61. The predicted molar refractivity (Wildman–Crippen MR) is 65.8 cm³/mol. The number of carbonyl (C=O) groups is 1. The Morgan fingerprint density at radius 3 is 3.00 bits per heavy atom. The average Bonchev–Trinajstić information content (AvgIpc) is 2.43. The summed E-state index contributed by atoms with van der Waals surface area (Å²) in [5.41, 5.74) is 1.83. The smallest absolute Gasteiger partial charge is 0.167 e. The minimum absolute atomic E-state index is 0.188. The minimum atomic E-state index is 0.188. The maximum absolute atomic E-state index is 11.9. The van der Waals surface area contributed by atoms with E-state index in [0.29, 0.717) is 12.2 Å². The van der Waals surface area contributed by atoms with Crippen molar-refractivity contribution in [3.63, 3.8) is 0 Å². The van der Waals surface area contributed by atoms with Crippen LogP contribution in [-0.4, -0.2) is 18.6 Å². The van der Waals surface area contributed by atoms with Crippen molar-refractivity contribution in [1.82, 2.24) is 0 Å². The molecule has 0 amide bonds. The first-order valence-corrected chi connectivity index (χ1v) is 6.65. The summed E-state index contributed by atoms with van der Waals surface area (Å²) in [6.07, 6.45) is 0.602. The Kier molecular flexibility index (Phi) is 3.36. The summed E-state index contributed by atoms with van der Waals surface area (Å²) in [5, 5.41) is 0. The molecule has 4 heteroatoms. The minimum Gasteiger partial charge on any atom is -0.496 e. The summed E-state index contributed by atoms with van der Waals surface area (Å²) in [5.74, 6) is 2.65. The van der Waals surface area contributed by atoms with E-state index in [9.17, 15) is 4.79 Å².